The summed E-state index contributed by atoms with van der Waals surface area (Å²) in [6.45, 7) is 2.63. The fourth-order valence-corrected chi connectivity index (χ4v) is 1.94. The molecule has 0 aliphatic carbocycles. The molecule has 1 amide bonds. The van der Waals surface area contributed by atoms with Gasteiger partial charge in [0.1, 0.15) is 0 Å². The van der Waals surface area contributed by atoms with E-state index in [0.29, 0.717) is 31.9 Å². The van der Waals surface area contributed by atoms with Gasteiger partial charge in [-0.15, -0.1) is 0 Å². The van der Waals surface area contributed by atoms with Gasteiger partial charge < -0.3 is 14.7 Å². The second-order valence-electron chi connectivity index (χ2n) is 4.68. The Morgan fingerprint density at radius 1 is 0.913 bits per heavy atom. The van der Waals surface area contributed by atoms with Crippen LogP contribution >= 0.6 is 0 Å². The molecular formula is C16H17N3O4. The lowest BCUT2D eigenvalue weighted by atomic mass is 10.2. The molecule has 0 radical (unpaired) electrons. The third-order valence-electron chi connectivity index (χ3n) is 3.15. The molecule has 1 fully saturated rings. The number of carboxylic acids is 1. The summed E-state index contributed by atoms with van der Waals surface area (Å²) < 4.78 is 5.18. The number of carboxylic acid groups (broad SMARTS) is 1. The van der Waals surface area contributed by atoms with Crippen molar-refractivity contribution in [1.82, 2.24) is 14.9 Å². The Hall–Kier alpha value is -2.80. The van der Waals surface area contributed by atoms with Crippen LogP contribution in [-0.4, -0.2) is 58.2 Å². The van der Waals surface area contributed by atoms with E-state index >= 15 is 0 Å². The second kappa shape index (κ2) is 8.60. The molecule has 2 aromatic heterocycles. The number of aromatic carboxylic acids is 1. The van der Waals surface area contributed by atoms with E-state index in [2.05, 4.69) is 9.97 Å². The molecule has 1 N–H and O–H groups in total. The van der Waals surface area contributed by atoms with Crippen molar-refractivity contribution in [2.75, 3.05) is 26.3 Å². The van der Waals surface area contributed by atoms with Crippen LogP contribution in [0.15, 0.2) is 49.1 Å². The van der Waals surface area contributed by atoms with E-state index in [9.17, 15) is 9.59 Å². The van der Waals surface area contributed by atoms with E-state index in [4.69, 9.17) is 9.84 Å². The lowest BCUT2D eigenvalue weighted by Gasteiger charge is -2.26. The van der Waals surface area contributed by atoms with Gasteiger partial charge in [0.05, 0.1) is 18.8 Å². The predicted octanol–water partition coefficient (Wildman–Crippen LogP) is 1.33. The van der Waals surface area contributed by atoms with Gasteiger partial charge >= 0.3 is 5.97 Å². The Morgan fingerprint density at radius 3 is 1.83 bits per heavy atom. The number of hydrogen-bond acceptors (Lipinski definition) is 5. The average molecular weight is 315 g/mol. The first-order chi connectivity index (χ1) is 11.2. The van der Waals surface area contributed by atoms with Crippen LogP contribution in [0, 0.1) is 0 Å². The monoisotopic (exact) mass is 315 g/mol. The first kappa shape index (κ1) is 16.6. The highest BCUT2D eigenvalue weighted by molar-refractivity contribution is 5.94. The van der Waals surface area contributed by atoms with Gasteiger partial charge in [-0.3, -0.25) is 14.8 Å². The summed E-state index contributed by atoms with van der Waals surface area (Å²) in [4.78, 5) is 31.4. The lowest BCUT2D eigenvalue weighted by molar-refractivity contribution is 0.0303. The Balaban J connectivity index is 0.000000185. The average Bonchev–Trinajstić information content (AvgIpc) is 2.64. The largest absolute Gasteiger partial charge is 0.478 e. The number of ether oxygens (including phenoxy) is 1. The Kier molecular flexibility index (Phi) is 6.19. The number of carbonyl (C=O) groups is 2. The van der Waals surface area contributed by atoms with Gasteiger partial charge in [0.15, 0.2) is 0 Å². The van der Waals surface area contributed by atoms with Crippen LogP contribution < -0.4 is 0 Å². The van der Waals surface area contributed by atoms with E-state index in [1.807, 2.05) is 0 Å². The van der Waals surface area contributed by atoms with Crippen LogP contribution in [0.4, 0.5) is 0 Å². The van der Waals surface area contributed by atoms with Crippen LogP contribution in [0.2, 0.25) is 0 Å². The van der Waals surface area contributed by atoms with Crippen molar-refractivity contribution >= 4 is 11.9 Å². The quantitative estimate of drug-likeness (QED) is 0.899. The zero-order valence-corrected chi connectivity index (χ0v) is 12.5. The van der Waals surface area contributed by atoms with Crippen molar-refractivity contribution < 1.29 is 19.4 Å². The van der Waals surface area contributed by atoms with Crippen molar-refractivity contribution in [3.63, 3.8) is 0 Å². The van der Waals surface area contributed by atoms with Crippen molar-refractivity contribution in [2.24, 2.45) is 0 Å². The molecule has 7 nitrogen and oxygen atoms in total. The first-order valence-electron chi connectivity index (χ1n) is 7.09. The van der Waals surface area contributed by atoms with Crippen LogP contribution in [0.1, 0.15) is 20.7 Å². The van der Waals surface area contributed by atoms with Gasteiger partial charge in [0, 0.05) is 43.4 Å². The SMILES string of the molecule is O=C(O)c1ccncc1.O=C(c1ccncc1)N1CCOCC1. The number of carbonyl (C=O) groups excluding carboxylic acids is 1. The van der Waals surface area contributed by atoms with Crippen molar-refractivity contribution in [2.45, 2.75) is 0 Å². The minimum Gasteiger partial charge on any atom is -0.478 e. The minimum atomic E-state index is -0.919. The van der Waals surface area contributed by atoms with Crippen LogP contribution in [-0.2, 0) is 4.74 Å². The molecule has 120 valence electrons. The van der Waals surface area contributed by atoms with Crippen molar-refractivity contribution in [3.05, 3.63) is 60.2 Å². The van der Waals surface area contributed by atoms with Crippen LogP contribution in [0.25, 0.3) is 0 Å². The molecule has 0 aromatic carbocycles. The molecule has 2 aromatic rings. The lowest BCUT2D eigenvalue weighted by Crippen LogP contribution is -2.40. The van der Waals surface area contributed by atoms with Crippen molar-refractivity contribution in [1.29, 1.82) is 0 Å². The molecule has 23 heavy (non-hydrogen) atoms. The summed E-state index contributed by atoms with van der Waals surface area (Å²) in [5.41, 5.74) is 0.965. The van der Waals surface area contributed by atoms with E-state index in [1.165, 1.54) is 24.5 Å². The number of nitrogens with zero attached hydrogens (tertiary/aromatic N) is 3. The van der Waals surface area contributed by atoms with Crippen LogP contribution in [0.3, 0.4) is 0 Å². The highest BCUT2D eigenvalue weighted by Crippen LogP contribution is 2.05. The molecule has 1 aliphatic rings. The number of aromatic nitrogens is 2. The summed E-state index contributed by atoms with van der Waals surface area (Å²) in [6, 6.07) is 6.36. The summed E-state index contributed by atoms with van der Waals surface area (Å²) in [5, 5.41) is 8.36. The number of rotatable bonds is 2. The van der Waals surface area contributed by atoms with Crippen molar-refractivity contribution in [3.8, 4) is 0 Å². The van der Waals surface area contributed by atoms with E-state index in [-0.39, 0.29) is 11.5 Å². The van der Waals surface area contributed by atoms with Gasteiger partial charge in [-0.2, -0.15) is 0 Å². The molecule has 0 spiro atoms. The van der Waals surface area contributed by atoms with Gasteiger partial charge in [-0.05, 0) is 24.3 Å². The maximum Gasteiger partial charge on any atom is 0.335 e. The molecule has 0 atom stereocenters. The number of amides is 1. The minimum absolute atomic E-state index is 0.0655. The first-order valence-corrected chi connectivity index (χ1v) is 7.09. The Morgan fingerprint density at radius 2 is 1.39 bits per heavy atom. The standard InChI is InChI=1S/C10H12N2O2.C6H5NO2/c13-10(9-1-3-11-4-2-9)12-5-7-14-8-6-12;8-6(9)5-1-3-7-4-2-5/h1-4H,5-8H2;1-4H,(H,8,9). The number of hydrogen-bond donors (Lipinski definition) is 1. The molecule has 0 unspecified atom stereocenters. The molecule has 0 bridgehead atoms. The zero-order valence-electron chi connectivity index (χ0n) is 12.5. The summed E-state index contributed by atoms with van der Waals surface area (Å²) in [5.74, 6) is -0.854. The second-order valence-corrected chi connectivity index (χ2v) is 4.68. The van der Waals surface area contributed by atoms with Gasteiger partial charge in [0.25, 0.3) is 5.91 Å². The zero-order chi connectivity index (χ0) is 16.5. The van der Waals surface area contributed by atoms with Crippen LogP contribution in [0.5, 0.6) is 0 Å². The predicted molar refractivity (Wildman–Crippen MR) is 82.2 cm³/mol. The summed E-state index contributed by atoms with van der Waals surface area (Å²) in [6.07, 6.45) is 6.16. The van der Waals surface area contributed by atoms with E-state index < -0.39 is 5.97 Å². The fraction of sp³-hybridized carbons (Fsp3) is 0.250. The molecule has 1 aliphatic heterocycles. The van der Waals surface area contributed by atoms with Gasteiger partial charge in [-0.1, -0.05) is 0 Å². The molecule has 3 rings (SSSR count). The number of morpholine rings is 1. The summed E-state index contributed by atoms with van der Waals surface area (Å²) >= 11 is 0. The van der Waals surface area contributed by atoms with E-state index in [0.717, 1.165) is 0 Å². The highest BCUT2D eigenvalue weighted by atomic mass is 16.5. The van der Waals surface area contributed by atoms with E-state index in [1.54, 1.807) is 29.4 Å². The normalized spacial score (nSPS) is 13.7. The topological polar surface area (TPSA) is 92.6 Å². The number of pyridine rings is 2. The van der Waals surface area contributed by atoms with Gasteiger partial charge in [-0.25, -0.2) is 4.79 Å². The molecule has 3 heterocycles. The fourth-order valence-electron chi connectivity index (χ4n) is 1.94. The maximum absolute atomic E-state index is 11.8. The maximum atomic E-state index is 11.8. The molecular weight excluding hydrogens is 298 g/mol. The van der Waals surface area contributed by atoms with Gasteiger partial charge in [0.2, 0.25) is 0 Å². The molecule has 0 saturated carbocycles. The molecule has 7 heteroatoms. The smallest absolute Gasteiger partial charge is 0.335 e. The highest BCUT2D eigenvalue weighted by Gasteiger charge is 2.17. The summed E-state index contributed by atoms with van der Waals surface area (Å²) in [7, 11) is 0. The third kappa shape index (κ3) is 5.15. The Bertz CT molecular complexity index is 628. The Labute approximate surface area is 133 Å². The third-order valence-corrected chi connectivity index (χ3v) is 3.15. The molecule has 1 saturated heterocycles.